The van der Waals surface area contributed by atoms with E-state index in [1.165, 1.54) is 62.0 Å². The quantitative estimate of drug-likeness (QED) is 0.0525. The lowest BCUT2D eigenvalue weighted by molar-refractivity contribution is -0.136. The van der Waals surface area contributed by atoms with Crippen LogP contribution in [-0.2, 0) is 19.1 Å². The van der Waals surface area contributed by atoms with E-state index in [1.807, 2.05) is 30.4 Å². The van der Waals surface area contributed by atoms with E-state index in [2.05, 4.69) is 13.8 Å². The highest BCUT2D eigenvalue weighted by Crippen LogP contribution is 2.28. The van der Waals surface area contributed by atoms with Gasteiger partial charge in [-0.3, -0.25) is 14.5 Å². The number of carbonyl (C=O) groups excluding carboxylic acids is 3. The van der Waals surface area contributed by atoms with Gasteiger partial charge in [0.2, 0.25) is 0 Å². The molecule has 1 atom stereocenters. The van der Waals surface area contributed by atoms with Gasteiger partial charge in [0.25, 0.3) is 11.8 Å². The zero-order chi connectivity index (χ0) is 34.2. The smallest absolute Gasteiger partial charge is 0.342 e. The predicted octanol–water partition coefficient (Wildman–Crippen LogP) is 9.43. The maximum atomic E-state index is 13.3. The molecule has 0 spiro atoms. The molecule has 48 heavy (non-hydrogen) atoms. The number of unbranched alkanes of at least 4 members (excludes halogenated alkanes) is 14. The molecule has 0 saturated heterocycles. The van der Waals surface area contributed by atoms with Crippen LogP contribution in [0.4, 0.5) is 0 Å². The monoisotopic (exact) mass is 665 g/mol. The van der Waals surface area contributed by atoms with Crippen molar-refractivity contribution in [3.8, 4) is 11.5 Å². The van der Waals surface area contributed by atoms with Gasteiger partial charge in [0.15, 0.2) is 0 Å². The van der Waals surface area contributed by atoms with Crippen LogP contribution in [0.25, 0.3) is 0 Å². The molecule has 0 saturated carbocycles. The molecule has 0 fully saturated rings. The Balaban J connectivity index is 1.37. The molecule has 266 valence electrons. The number of hydrogen-bond donors (Lipinski definition) is 0. The molecule has 1 aromatic rings. The molecule has 8 nitrogen and oxygen atoms in total. The van der Waals surface area contributed by atoms with Crippen LogP contribution in [0.5, 0.6) is 11.5 Å². The maximum Gasteiger partial charge on any atom is 0.342 e. The van der Waals surface area contributed by atoms with Gasteiger partial charge in [-0.2, -0.15) is 0 Å². The Morgan fingerprint density at radius 2 is 1.25 bits per heavy atom. The molecular weight excluding hydrogens is 606 g/mol. The molecule has 0 aromatic heterocycles. The minimum Gasteiger partial charge on any atom is -0.494 e. The van der Waals surface area contributed by atoms with Crippen LogP contribution in [0.1, 0.15) is 140 Å². The van der Waals surface area contributed by atoms with Crippen LogP contribution in [0, 0.1) is 0 Å². The van der Waals surface area contributed by atoms with E-state index >= 15 is 0 Å². The summed E-state index contributed by atoms with van der Waals surface area (Å²) in [5, 5.41) is 0. The molecule has 1 aromatic carbocycles. The highest BCUT2D eigenvalue weighted by Gasteiger charge is 2.22. The second-order valence-electron chi connectivity index (χ2n) is 12.8. The first-order valence-electron chi connectivity index (χ1n) is 18.7. The minimum atomic E-state index is -0.401. The van der Waals surface area contributed by atoms with Crippen LogP contribution >= 0.6 is 0 Å². The second kappa shape index (κ2) is 23.7. The van der Waals surface area contributed by atoms with E-state index in [4.69, 9.17) is 18.9 Å². The summed E-state index contributed by atoms with van der Waals surface area (Å²) < 4.78 is 23.9. The number of rotatable bonds is 27. The van der Waals surface area contributed by atoms with E-state index in [0.717, 1.165) is 70.0 Å². The van der Waals surface area contributed by atoms with Crippen LogP contribution < -0.4 is 9.47 Å². The van der Waals surface area contributed by atoms with E-state index in [9.17, 15) is 14.4 Å². The third-order valence-electron chi connectivity index (χ3n) is 8.68. The van der Waals surface area contributed by atoms with Crippen molar-refractivity contribution in [2.75, 3.05) is 26.4 Å². The number of hydrogen-bond acceptors (Lipinski definition) is 7. The van der Waals surface area contributed by atoms with E-state index in [1.54, 1.807) is 6.07 Å². The van der Waals surface area contributed by atoms with Crippen LogP contribution in [0.2, 0.25) is 0 Å². The van der Waals surface area contributed by atoms with Crippen molar-refractivity contribution in [3.05, 3.63) is 59.9 Å². The first kappa shape index (κ1) is 38.9. The van der Waals surface area contributed by atoms with Crippen molar-refractivity contribution in [3.63, 3.8) is 0 Å². The third kappa shape index (κ3) is 15.1. The third-order valence-corrected chi connectivity index (χ3v) is 8.68. The van der Waals surface area contributed by atoms with Crippen LogP contribution in [0.3, 0.4) is 0 Å². The molecule has 0 radical (unpaired) electrons. The first-order chi connectivity index (χ1) is 23.5. The number of carbonyl (C=O) groups is 3. The average Bonchev–Trinajstić information content (AvgIpc) is 3.41. The van der Waals surface area contributed by atoms with Gasteiger partial charge in [-0.05, 0) is 56.0 Å². The summed E-state index contributed by atoms with van der Waals surface area (Å²) >= 11 is 0. The second-order valence-corrected chi connectivity index (χ2v) is 12.8. The summed E-state index contributed by atoms with van der Waals surface area (Å²) in [5.74, 6) is 1.26. The Morgan fingerprint density at radius 1 is 0.688 bits per heavy atom. The number of ether oxygens (including phenoxy) is 4. The Morgan fingerprint density at radius 3 is 1.85 bits per heavy atom. The van der Waals surface area contributed by atoms with Gasteiger partial charge in [0.1, 0.15) is 28.9 Å². The molecule has 0 bridgehead atoms. The fraction of sp³-hybridized carbons (Fsp3) is 0.625. The lowest BCUT2D eigenvalue weighted by Gasteiger charge is -2.19. The van der Waals surface area contributed by atoms with Gasteiger partial charge in [-0.15, -0.1) is 0 Å². The SMILES string of the molecule is CCCCCCOC1=CCC(OC(=O)c2ccc(OCCCCCC)cc2OCCCCCCCCCCCN2C(=O)C=CC2=O)C=C1. The molecule has 1 unspecified atom stereocenters. The summed E-state index contributed by atoms with van der Waals surface area (Å²) in [6.45, 7) is 6.78. The standard InChI is InChI=1S/C40H59NO7/c1-3-5-7-17-29-45-33-20-22-34(23-21-33)48-40(44)36-25-24-35(46-30-18-8-6-4-2)32-37(36)47-31-19-15-13-11-9-10-12-14-16-28-41-38(42)26-27-39(41)43/h20-22,24-27,32,34H,3-19,23,28-31H2,1-2H3. The number of amides is 2. The zero-order valence-electron chi connectivity index (χ0n) is 29.6. The fourth-order valence-corrected chi connectivity index (χ4v) is 5.74. The molecule has 1 aliphatic heterocycles. The summed E-state index contributed by atoms with van der Waals surface area (Å²) in [7, 11) is 0. The van der Waals surface area contributed by atoms with Gasteiger partial charge < -0.3 is 18.9 Å². The van der Waals surface area contributed by atoms with Crippen LogP contribution in [-0.4, -0.2) is 55.2 Å². The lowest BCUT2D eigenvalue weighted by Crippen LogP contribution is -2.30. The maximum absolute atomic E-state index is 13.3. The fourth-order valence-electron chi connectivity index (χ4n) is 5.74. The Labute approximate surface area is 288 Å². The largest absolute Gasteiger partial charge is 0.494 e. The average molecular weight is 666 g/mol. The summed E-state index contributed by atoms with van der Waals surface area (Å²) in [6, 6.07) is 5.40. The molecule has 1 heterocycles. The molecule has 8 heteroatoms. The number of benzene rings is 1. The van der Waals surface area contributed by atoms with E-state index in [-0.39, 0.29) is 17.9 Å². The van der Waals surface area contributed by atoms with Crippen LogP contribution in [0.15, 0.2) is 54.3 Å². The summed E-state index contributed by atoms with van der Waals surface area (Å²) in [6.07, 6.45) is 27.5. The van der Waals surface area contributed by atoms with E-state index in [0.29, 0.717) is 49.8 Å². The Kier molecular flexibility index (Phi) is 19.2. The Bertz CT molecular complexity index is 1190. The van der Waals surface area contributed by atoms with Gasteiger partial charge in [-0.25, -0.2) is 4.79 Å². The molecule has 3 rings (SSSR count). The van der Waals surface area contributed by atoms with Gasteiger partial charge >= 0.3 is 5.97 Å². The highest BCUT2D eigenvalue weighted by molar-refractivity contribution is 6.12. The van der Waals surface area contributed by atoms with Crippen molar-refractivity contribution >= 4 is 17.8 Å². The van der Waals surface area contributed by atoms with Crippen molar-refractivity contribution in [2.24, 2.45) is 0 Å². The van der Waals surface area contributed by atoms with Crippen molar-refractivity contribution in [1.82, 2.24) is 4.90 Å². The molecule has 0 N–H and O–H groups in total. The number of allylic oxidation sites excluding steroid dienone is 1. The number of esters is 1. The van der Waals surface area contributed by atoms with Crippen molar-refractivity contribution in [2.45, 2.75) is 136 Å². The van der Waals surface area contributed by atoms with Crippen molar-refractivity contribution < 1.29 is 33.3 Å². The van der Waals surface area contributed by atoms with Crippen molar-refractivity contribution in [1.29, 1.82) is 0 Å². The predicted molar refractivity (Wildman–Crippen MR) is 190 cm³/mol. The molecule has 1 aliphatic carbocycles. The molecular formula is C40H59NO7. The lowest BCUT2D eigenvalue weighted by atomic mass is 10.1. The van der Waals surface area contributed by atoms with Gasteiger partial charge in [-0.1, -0.05) is 97.3 Å². The molecule has 2 aliphatic rings. The van der Waals surface area contributed by atoms with Gasteiger partial charge in [0, 0.05) is 31.2 Å². The number of imide groups is 1. The summed E-state index contributed by atoms with van der Waals surface area (Å²) in [4.78, 5) is 37.8. The van der Waals surface area contributed by atoms with Gasteiger partial charge in [0.05, 0.1) is 19.8 Å². The molecule has 2 amide bonds. The minimum absolute atomic E-state index is 0.193. The first-order valence-corrected chi connectivity index (χ1v) is 18.7. The Hall–Kier alpha value is -3.55. The number of nitrogens with zero attached hydrogens (tertiary/aromatic N) is 1. The summed E-state index contributed by atoms with van der Waals surface area (Å²) in [5.41, 5.74) is 0.415. The highest BCUT2D eigenvalue weighted by atomic mass is 16.5. The van der Waals surface area contributed by atoms with E-state index < -0.39 is 5.97 Å². The topological polar surface area (TPSA) is 91.4 Å². The zero-order valence-corrected chi connectivity index (χ0v) is 29.6. The normalized spacial score (nSPS) is 15.6.